The highest BCUT2D eigenvalue weighted by Crippen LogP contribution is 2.42. The predicted octanol–water partition coefficient (Wildman–Crippen LogP) is 5.01. The van der Waals surface area contributed by atoms with E-state index in [0.717, 1.165) is 18.2 Å². The average Bonchev–Trinajstić information content (AvgIpc) is 2.96. The van der Waals surface area contributed by atoms with Crippen molar-refractivity contribution in [1.29, 1.82) is 0 Å². The number of hydrogen-bond acceptors (Lipinski definition) is 7. The van der Waals surface area contributed by atoms with Crippen LogP contribution in [0.15, 0.2) is 48.5 Å². The summed E-state index contributed by atoms with van der Waals surface area (Å²) in [5, 5.41) is 14.0. The van der Waals surface area contributed by atoms with Crippen LogP contribution in [-0.2, 0) is 16.8 Å². The molecule has 0 fully saturated rings. The standard InChI is InChI=1S/C30H27ClF4N4O5/c1-4-44-26-18(13-23(36)40)12-22(38-25(26)16-5-7-20(32)8-6-16)29(42,30(33,34)35)14-37-28(41)19-10-17-9-15(2)27(31)39-24(17)21(11-19)43-3/h5-12,42H,4,13-14H2,1-3H3,(H2,36,40)(H,37,41)/t29-/m0/s1. The lowest BCUT2D eigenvalue weighted by Gasteiger charge is -2.31. The van der Waals surface area contributed by atoms with Gasteiger partial charge in [0, 0.05) is 22.1 Å². The van der Waals surface area contributed by atoms with Crippen molar-refractivity contribution >= 4 is 34.3 Å². The molecule has 2 heterocycles. The van der Waals surface area contributed by atoms with Crippen molar-refractivity contribution < 1.29 is 41.7 Å². The molecule has 4 aromatic rings. The summed E-state index contributed by atoms with van der Waals surface area (Å²) in [5.41, 5.74) is 1.35. The van der Waals surface area contributed by atoms with Crippen molar-refractivity contribution in [3.8, 4) is 22.8 Å². The van der Waals surface area contributed by atoms with Gasteiger partial charge in [-0.25, -0.2) is 14.4 Å². The van der Waals surface area contributed by atoms with Gasteiger partial charge in [-0.1, -0.05) is 11.6 Å². The number of aryl methyl sites for hydroxylation is 1. The fourth-order valence-electron chi connectivity index (χ4n) is 4.50. The number of aromatic nitrogens is 2. The topological polar surface area (TPSA) is 137 Å². The second kappa shape index (κ2) is 12.6. The quantitative estimate of drug-likeness (QED) is 0.165. The summed E-state index contributed by atoms with van der Waals surface area (Å²) >= 11 is 6.11. The van der Waals surface area contributed by atoms with E-state index in [-0.39, 0.29) is 45.6 Å². The molecule has 232 valence electrons. The summed E-state index contributed by atoms with van der Waals surface area (Å²) in [6.07, 6.45) is -5.93. The first kappa shape index (κ1) is 32.4. The van der Waals surface area contributed by atoms with Gasteiger partial charge >= 0.3 is 6.18 Å². The molecule has 0 radical (unpaired) electrons. The zero-order chi connectivity index (χ0) is 32.4. The van der Waals surface area contributed by atoms with E-state index >= 15 is 0 Å². The third kappa shape index (κ3) is 6.53. The molecule has 4 rings (SSSR count). The van der Waals surface area contributed by atoms with E-state index in [2.05, 4.69) is 15.3 Å². The molecule has 4 N–H and O–H groups in total. The molecule has 0 aliphatic carbocycles. The Kier molecular flexibility index (Phi) is 9.30. The molecule has 1 atom stereocenters. The summed E-state index contributed by atoms with van der Waals surface area (Å²) in [6.45, 7) is 1.96. The number of benzene rings is 2. The molecule has 0 saturated carbocycles. The number of rotatable bonds is 10. The number of fused-ring (bicyclic) bond motifs is 1. The molecule has 14 heteroatoms. The van der Waals surface area contributed by atoms with Crippen molar-refractivity contribution in [2.75, 3.05) is 20.3 Å². The van der Waals surface area contributed by atoms with Gasteiger partial charge in [0.05, 0.1) is 32.4 Å². The average molecular weight is 635 g/mol. The lowest BCUT2D eigenvalue weighted by Crippen LogP contribution is -2.51. The number of nitrogens with two attached hydrogens (primary N) is 1. The lowest BCUT2D eigenvalue weighted by atomic mass is 9.93. The van der Waals surface area contributed by atoms with Crippen molar-refractivity contribution in [3.05, 3.63) is 81.9 Å². The summed E-state index contributed by atoms with van der Waals surface area (Å²) < 4.78 is 68.5. The number of pyridine rings is 2. The van der Waals surface area contributed by atoms with Crippen LogP contribution < -0.4 is 20.5 Å². The second-order valence-corrected chi connectivity index (χ2v) is 10.2. The van der Waals surface area contributed by atoms with Crippen LogP contribution in [0.3, 0.4) is 0 Å². The zero-order valence-corrected chi connectivity index (χ0v) is 24.4. The van der Waals surface area contributed by atoms with Crippen LogP contribution in [0.2, 0.25) is 5.15 Å². The Morgan fingerprint density at radius 3 is 2.36 bits per heavy atom. The first-order valence-electron chi connectivity index (χ1n) is 13.1. The van der Waals surface area contributed by atoms with E-state index in [1.54, 1.807) is 19.9 Å². The number of amides is 2. The number of nitrogens with one attached hydrogen (secondary N) is 1. The molecule has 2 amide bonds. The van der Waals surface area contributed by atoms with Crippen LogP contribution in [0.25, 0.3) is 22.2 Å². The van der Waals surface area contributed by atoms with Gasteiger partial charge in [-0.05, 0) is 67.9 Å². The SMILES string of the molecule is CCOc1c(CC(N)=O)cc([C@@](O)(CNC(=O)c2cc(OC)c3nc(Cl)c(C)cc3c2)C(F)(F)F)nc1-c1ccc(F)cc1. The molecular weight excluding hydrogens is 608 g/mol. The third-order valence-electron chi connectivity index (χ3n) is 6.71. The van der Waals surface area contributed by atoms with Gasteiger partial charge in [0.1, 0.15) is 33.7 Å². The Balaban J connectivity index is 1.80. The van der Waals surface area contributed by atoms with Crippen LogP contribution in [0.4, 0.5) is 17.6 Å². The number of aliphatic hydroxyl groups is 1. The Hall–Kier alpha value is -4.49. The van der Waals surface area contributed by atoms with Crippen LogP contribution in [-0.4, -0.2) is 53.3 Å². The fraction of sp³-hybridized carbons (Fsp3) is 0.267. The van der Waals surface area contributed by atoms with Crippen LogP contribution in [0.1, 0.15) is 34.1 Å². The molecule has 0 saturated heterocycles. The van der Waals surface area contributed by atoms with Gasteiger partial charge in [-0.2, -0.15) is 13.2 Å². The number of carbonyl (C=O) groups excluding carboxylic acids is 2. The molecule has 44 heavy (non-hydrogen) atoms. The molecule has 9 nitrogen and oxygen atoms in total. The number of primary amides is 1. The van der Waals surface area contributed by atoms with Crippen molar-refractivity contribution in [2.45, 2.75) is 32.0 Å². The number of alkyl halides is 3. The van der Waals surface area contributed by atoms with Crippen LogP contribution in [0.5, 0.6) is 11.5 Å². The Bertz CT molecular complexity index is 1730. The molecule has 0 aliphatic heterocycles. The number of carbonyl (C=O) groups is 2. The minimum absolute atomic E-state index is 0.0387. The monoisotopic (exact) mass is 634 g/mol. The number of nitrogens with zero attached hydrogens (tertiary/aromatic N) is 2. The van der Waals surface area contributed by atoms with Gasteiger partial charge in [0.15, 0.2) is 0 Å². The maximum Gasteiger partial charge on any atom is 0.424 e. The van der Waals surface area contributed by atoms with Crippen LogP contribution >= 0.6 is 11.6 Å². The van der Waals surface area contributed by atoms with E-state index in [4.69, 9.17) is 26.8 Å². The third-order valence-corrected chi connectivity index (χ3v) is 7.09. The zero-order valence-electron chi connectivity index (χ0n) is 23.7. The van der Waals surface area contributed by atoms with Crippen LogP contribution in [0, 0.1) is 12.7 Å². The number of halogens is 5. The molecule has 2 aromatic heterocycles. The van der Waals surface area contributed by atoms with Gasteiger partial charge in [-0.15, -0.1) is 0 Å². The Labute approximate surface area is 254 Å². The molecule has 0 aliphatic rings. The van der Waals surface area contributed by atoms with E-state index in [1.807, 2.05) is 0 Å². The minimum atomic E-state index is -5.37. The number of hydrogen-bond donors (Lipinski definition) is 3. The Morgan fingerprint density at radius 1 is 1.09 bits per heavy atom. The van der Waals surface area contributed by atoms with Gasteiger partial charge < -0.3 is 25.6 Å². The maximum atomic E-state index is 14.6. The normalized spacial score (nSPS) is 12.9. The van der Waals surface area contributed by atoms with E-state index in [0.29, 0.717) is 16.5 Å². The van der Waals surface area contributed by atoms with Gasteiger partial charge in [0.2, 0.25) is 11.5 Å². The molecule has 0 unspecified atom stereocenters. The summed E-state index contributed by atoms with van der Waals surface area (Å²) in [6, 6.07) is 9.78. The maximum absolute atomic E-state index is 14.6. The fourth-order valence-corrected chi connectivity index (χ4v) is 4.64. The Morgan fingerprint density at radius 2 is 1.77 bits per heavy atom. The summed E-state index contributed by atoms with van der Waals surface area (Å²) in [4.78, 5) is 33.3. The second-order valence-electron chi connectivity index (χ2n) is 9.81. The largest absolute Gasteiger partial charge is 0.494 e. The van der Waals surface area contributed by atoms with E-state index in [1.165, 1.54) is 31.4 Å². The number of methoxy groups -OCH3 is 1. The highest BCUT2D eigenvalue weighted by molar-refractivity contribution is 6.30. The summed E-state index contributed by atoms with van der Waals surface area (Å²) in [7, 11) is 1.33. The summed E-state index contributed by atoms with van der Waals surface area (Å²) in [5.74, 6) is -2.40. The molecule has 0 spiro atoms. The van der Waals surface area contributed by atoms with Gasteiger partial charge in [-0.3, -0.25) is 9.59 Å². The minimum Gasteiger partial charge on any atom is -0.494 e. The molecule has 0 bridgehead atoms. The van der Waals surface area contributed by atoms with Gasteiger partial charge in [0.25, 0.3) is 5.91 Å². The van der Waals surface area contributed by atoms with Crippen molar-refractivity contribution in [2.24, 2.45) is 5.73 Å². The predicted molar refractivity (Wildman–Crippen MR) is 154 cm³/mol. The smallest absolute Gasteiger partial charge is 0.424 e. The molecular formula is C30H27ClF4N4O5. The van der Waals surface area contributed by atoms with Crippen molar-refractivity contribution in [1.82, 2.24) is 15.3 Å². The highest BCUT2D eigenvalue weighted by atomic mass is 35.5. The van der Waals surface area contributed by atoms with E-state index in [9.17, 15) is 32.3 Å². The lowest BCUT2D eigenvalue weighted by molar-refractivity contribution is -0.265. The highest BCUT2D eigenvalue weighted by Gasteiger charge is 2.56. The number of ether oxygens (including phenoxy) is 2. The van der Waals surface area contributed by atoms with E-state index < -0.39 is 48.1 Å². The first-order valence-corrected chi connectivity index (χ1v) is 13.5. The first-order chi connectivity index (χ1) is 20.7. The van der Waals surface area contributed by atoms with Crippen molar-refractivity contribution in [3.63, 3.8) is 0 Å². The molecule has 2 aromatic carbocycles.